The second kappa shape index (κ2) is 8.61. The lowest BCUT2D eigenvalue weighted by atomic mass is 10.1. The van der Waals surface area contributed by atoms with Crippen molar-refractivity contribution in [2.45, 2.75) is 39.2 Å². The van der Waals surface area contributed by atoms with E-state index >= 15 is 0 Å². The number of thiocarbonyl (C=S) groups is 1. The Bertz CT molecular complexity index is 1070. The molecule has 0 unspecified atom stereocenters. The Balaban J connectivity index is 1.91. The van der Waals surface area contributed by atoms with Gasteiger partial charge < -0.3 is 9.84 Å². The average molecular weight is 447 g/mol. The minimum atomic E-state index is -0.911. The topological polar surface area (TPSA) is 88.8 Å². The fourth-order valence-electron chi connectivity index (χ4n) is 3.01. The third-order valence-corrected chi connectivity index (χ3v) is 5.64. The third kappa shape index (κ3) is 4.91. The molecular formula is C21H22N2O5S2. The number of ether oxygens (including phenoxy) is 1. The molecule has 0 saturated carbocycles. The molecule has 30 heavy (non-hydrogen) atoms. The zero-order valence-corrected chi connectivity index (χ0v) is 18.5. The molecule has 1 aromatic carbocycles. The van der Waals surface area contributed by atoms with Crippen LogP contribution in [0, 0.1) is 0 Å². The Morgan fingerprint density at radius 1 is 1.27 bits per heavy atom. The number of benzene rings is 1. The van der Waals surface area contributed by atoms with Crippen LogP contribution >= 0.6 is 24.0 Å². The Hall–Kier alpha value is -2.65. The number of carbonyl (C=O) groups excluding carboxylic acids is 2. The van der Waals surface area contributed by atoms with E-state index in [1.54, 1.807) is 33.0 Å². The number of amides is 1. The molecule has 2 aromatic rings. The standard InChI is InChI=1S/C21H22N2O5S2/c1-21(2,3)28-19(27)23-12-13(14-7-4-5-8-15(14)23)11-16-18(26)22(20(29)30-16)10-6-9-17(24)25/h4-5,7-8,11-12H,6,9-10H2,1-3H3,(H,24,25)/b16-11-. The van der Waals surface area contributed by atoms with Crippen LogP contribution in [0.25, 0.3) is 17.0 Å². The highest BCUT2D eigenvalue weighted by molar-refractivity contribution is 8.26. The number of para-hydroxylation sites is 1. The Labute approximate surface area is 183 Å². The molecule has 1 amide bonds. The molecular weight excluding hydrogens is 424 g/mol. The molecule has 0 spiro atoms. The average Bonchev–Trinajstić information content (AvgIpc) is 3.13. The monoisotopic (exact) mass is 446 g/mol. The predicted molar refractivity (Wildman–Crippen MR) is 120 cm³/mol. The Kier molecular flexibility index (Phi) is 6.33. The number of thioether (sulfide) groups is 1. The summed E-state index contributed by atoms with van der Waals surface area (Å²) in [5, 5.41) is 9.60. The first-order chi connectivity index (χ1) is 14.1. The molecule has 0 bridgehead atoms. The molecule has 1 aliphatic rings. The maximum atomic E-state index is 12.8. The van der Waals surface area contributed by atoms with Crippen LogP contribution in [0.3, 0.4) is 0 Å². The van der Waals surface area contributed by atoms with Crippen molar-refractivity contribution in [3.8, 4) is 0 Å². The highest BCUT2D eigenvalue weighted by atomic mass is 32.2. The van der Waals surface area contributed by atoms with Gasteiger partial charge in [0.15, 0.2) is 0 Å². The molecule has 1 fully saturated rings. The fraction of sp³-hybridized carbons (Fsp3) is 0.333. The van der Waals surface area contributed by atoms with Crippen molar-refractivity contribution < 1.29 is 24.2 Å². The summed E-state index contributed by atoms with van der Waals surface area (Å²) in [5.41, 5.74) is 0.735. The number of aliphatic carboxylic acids is 1. The molecule has 0 aliphatic carbocycles. The maximum Gasteiger partial charge on any atom is 0.419 e. The van der Waals surface area contributed by atoms with Gasteiger partial charge in [0, 0.05) is 30.1 Å². The van der Waals surface area contributed by atoms with Crippen LogP contribution < -0.4 is 0 Å². The quantitative estimate of drug-likeness (QED) is 0.535. The molecule has 3 rings (SSSR count). The Morgan fingerprint density at radius 2 is 1.97 bits per heavy atom. The highest BCUT2D eigenvalue weighted by Crippen LogP contribution is 2.34. The van der Waals surface area contributed by atoms with Gasteiger partial charge >= 0.3 is 12.1 Å². The second-order valence-corrected chi connectivity index (χ2v) is 9.46. The van der Waals surface area contributed by atoms with Gasteiger partial charge in [-0.1, -0.05) is 42.2 Å². The predicted octanol–water partition coefficient (Wildman–Crippen LogP) is 4.49. The first-order valence-electron chi connectivity index (χ1n) is 9.37. The van der Waals surface area contributed by atoms with Crippen molar-refractivity contribution in [3.63, 3.8) is 0 Å². The van der Waals surface area contributed by atoms with Crippen LogP contribution in [-0.4, -0.2) is 49.0 Å². The van der Waals surface area contributed by atoms with E-state index in [0.717, 1.165) is 5.39 Å². The van der Waals surface area contributed by atoms with Crippen molar-refractivity contribution in [3.05, 3.63) is 40.9 Å². The van der Waals surface area contributed by atoms with Crippen molar-refractivity contribution in [1.82, 2.24) is 9.47 Å². The van der Waals surface area contributed by atoms with Gasteiger partial charge in [-0.05, 0) is 39.3 Å². The van der Waals surface area contributed by atoms with Gasteiger partial charge in [-0.3, -0.25) is 19.1 Å². The van der Waals surface area contributed by atoms with Crippen LogP contribution in [0.15, 0.2) is 35.4 Å². The summed E-state index contributed by atoms with van der Waals surface area (Å²) < 4.78 is 7.31. The molecule has 1 aliphatic heterocycles. The fourth-order valence-corrected chi connectivity index (χ4v) is 4.31. The number of rotatable bonds is 5. The number of fused-ring (bicyclic) bond motifs is 1. The summed E-state index contributed by atoms with van der Waals surface area (Å²) >= 11 is 6.46. The number of aromatic nitrogens is 1. The van der Waals surface area contributed by atoms with Gasteiger partial charge in [-0.15, -0.1) is 0 Å². The first kappa shape index (κ1) is 22.0. The Morgan fingerprint density at radius 3 is 2.63 bits per heavy atom. The summed E-state index contributed by atoms with van der Waals surface area (Å²) in [7, 11) is 0. The van der Waals surface area contributed by atoms with Crippen LogP contribution in [0.1, 0.15) is 39.2 Å². The van der Waals surface area contributed by atoms with Crippen molar-refractivity contribution in [2.75, 3.05) is 6.54 Å². The summed E-state index contributed by atoms with van der Waals surface area (Å²) in [4.78, 5) is 38.0. The summed E-state index contributed by atoms with van der Waals surface area (Å²) in [5.74, 6) is -1.17. The van der Waals surface area contributed by atoms with E-state index in [-0.39, 0.29) is 18.9 Å². The number of carboxylic acids is 1. The molecule has 0 radical (unpaired) electrons. The molecule has 1 saturated heterocycles. The van der Waals surface area contributed by atoms with Gasteiger partial charge in [0.25, 0.3) is 5.91 Å². The number of nitrogens with zero attached hydrogens (tertiary/aromatic N) is 2. The van der Waals surface area contributed by atoms with Crippen molar-refractivity contribution >= 4 is 63.2 Å². The van der Waals surface area contributed by atoms with Gasteiger partial charge in [0.1, 0.15) is 9.92 Å². The number of hydrogen-bond donors (Lipinski definition) is 1. The van der Waals surface area contributed by atoms with Crippen molar-refractivity contribution in [1.29, 1.82) is 0 Å². The summed E-state index contributed by atoms with van der Waals surface area (Å²) in [6, 6.07) is 7.37. The molecule has 9 heteroatoms. The molecule has 0 atom stereocenters. The highest BCUT2D eigenvalue weighted by Gasteiger charge is 2.32. The van der Waals surface area contributed by atoms with E-state index in [4.69, 9.17) is 22.1 Å². The van der Waals surface area contributed by atoms with E-state index in [1.165, 1.54) is 21.2 Å². The van der Waals surface area contributed by atoms with Gasteiger partial charge in [0.05, 0.1) is 10.4 Å². The number of carboxylic acid groups (broad SMARTS) is 1. The lowest BCUT2D eigenvalue weighted by Gasteiger charge is -2.19. The van der Waals surface area contributed by atoms with Gasteiger partial charge in [0.2, 0.25) is 0 Å². The minimum absolute atomic E-state index is 0.0283. The van der Waals surface area contributed by atoms with E-state index in [0.29, 0.717) is 26.7 Å². The first-order valence-corrected chi connectivity index (χ1v) is 10.6. The number of carbonyl (C=O) groups is 3. The molecule has 1 N–H and O–H groups in total. The zero-order chi connectivity index (χ0) is 22.1. The zero-order valence-electron chi connectivity index (χ0n) is 16.9. The smallest absolute Gasteiger partial charge is 0.419 e. The molecule has 7 nitrogen and oxygen atoms in total. The maximum absolute atomic E-state index is 12.8. The molecule has 158 valence electrons. The largest absolute Gasteiger partial charge is 0.481 e. The third-order valence-electron chi connectivity index (χ3n) is 4.27. The lowest BCUT2D eigenvalue weighted by molar-refractivity contribution is -0.137. The molecule has 1 aromatic heterocycles. The van der Waals surface area contributed by atoms with E-state index in [2.05, 4.69) is 0 Å². The van der Waals surface area contributed by atoms with Gasteiger partial charge in [-0.2, -0.15) is 0 Å². The van der Waals surface area contributed by atoms with Crippen LogP contribution in [-0.2, 0) is 14.3 Å². The van der Waals surface area contributed by atoms with Gasteiger partial charge in [-0.25, -0.2) is 4.79 Å². The summed E-state index contributed by atoms with van der Waals surface area (Å²) in [6.45, 7) is 5.65. The van der Waals surface area contributed by atoms with E-state index < -0.39 is 17.7 Å². The van der Waals surface area contributed by atoms with Crippen molar-refractivity contribution in [2.24, 2.45) is 0 Å². The normalized spacial score (nSPS) is 16.0. The van der Waals surface area contributed by atoms with E-state index in [9.17, 15) is 14.4 Å². The summed E-state index contributed by atoms with van der Waals surface area (Å²) in [6.07, 6.45) is 3.15. The molecule has 2 heterocycles. The lowest BCUT2D eigenvalue weighted by Crippen LogP contribution is -2.29. The minimum Gasteiger partial charge on any atom is -0.481 e. The number of hydrogen-bond acceptors (Lipinski definition) is 6. The van der Waals surface area contributed by atoms with E-state index in [1.807, 2.05) is 24.3 Å². The SMILES string of the molecule is CC(C)(C)OC(=O)n1cc(/C=C2\SC(=S)N(CCCC(=O)O)C2=O)c2ccccc21. The van der Waals surface area contributed by atoms with Crippen LogP contribution in [0.4, 0.5) is 4.79 Å². The second-order valence-electron chi connectivity index (χ2n) is 7.78. The van der Waals surface area contributed by atoms with Crippen LogP contribution in [0.5, 0.6) is 0 Å². The van der Waals surface area contributed by atoms with Crippen LogP contribution in [0.2, 0.25) is 0 Å².